The van der Waals surface area contributed by atoms with Crippen LogP contribution in [0.5, 0.6) is 11.5 Å². The van der Waals surface area contributed by atoms with E-state index in [-0.39, 0.29) is 24.7 Å². The molecule has 35 heavy (non-hydrogen) atoms. The molecule has 0 unspecified atom stereocenters. The molecule has 3 aromatic rings. The van der Waals surface area contributed by atoms with Crippen molar-refractivity contribution in [3.05, 3.63) is 109 Å². The van der Waals surface area contributed by atoms with E-state index in [2.05, 4.69) is 25.0 Å². The minimum Gasteiger partial charge on any atom is -0.485 e. The van der Waals surface area contributed by atoms with Crippen molar-refractivity contribution in [2.24, 2.45) is 0 Å². The molecule has 3 rings (SSSR count). The minimum atomic E-state index is -0.799. The number of benzene rings is 3. The largest absolute Gasteiger partial charge is 0.485 e. The topological polar surface area (TPSA) is 61.8 Å². The molecule has 0 radical (unpaired) electrons. The van der Waals surface area contributed by atoms with E-state index < -0.39 is 17.6 Å². The number of hydrogen-bond donors (Lipinski definition) is 0. The number of carbonyl (C=O) groups excluding carboxylic acids is 2. The molecule has 0 heterocycles. The van der Waals surface area contributed by atoms with Crippen LogP contribution in [0.4, 0.5) is 8.78 Å². The van der Waals surface area contributed by atoms with Crippen LogP contribution < -0.4 is 9.47 Å². The fourth-order valence-electron chi connectivity index (χ4n) is 2.80. The van der Waals surface area contributed by atoms with Crippen LogP contribution in [-0.2, 0) is 14.3 Å². The van der Waals surface area contributed by atoms with Crippen molar-refractivity contribution in [1.29, 1.82) is 0 Å². The molecular weight excluding hydrogens is 454 g/mol. The summed E-state index contributed by atoms with van der Waals surface area (Å²) in [5.74, 6) is 3.65. The van der Waals surface area contributed by atoms with Crippen LogP contribution in [0, 0.1) is 23.5 Å². The van der Waals surface area contributed by atoms with Crippen molar-refractivity contribution in [3.63, 3.8) is 0 Å². The zero-order valence-electron chi connectivity index (χ0n) is 18.6. The SMILES string of the molecule is C=CC(=O)COc1ccc(C#Cc2c(F)cc(-c3ccc(OCOC(=O)C=C)cc3)cc2F)cc1. The van der Waals surface area contributed by atoms with Crippen molar-refractivity contribution < 1.29 is 32.6 Å². The fourth-order valence-corrected chi connectivity index (χ4v) is 2.80. The zero-order valence-corrected chi connectivity index (χ0v) is 18.6. The zero-order chi connectivity index (χ0) is 25.2. The first-order valence-corrected chi connectivity index (χ1v) is 10.3. The molecule has 0 aliphatic carbocycles. The third kappa shape index (κ3) is 7.14. The van der Waals surface area contributed by atoms with E-state index in [1.165, 1.54) is 18.2 Å². The van der Waals surface area contributed by atoms with Gasteiger partial charge in [-0.05, 0) is 65.7 Å². The third-order valence-electron chi connectivity index (χ3n) is 4.62. The summed E-state index contributed by atoms with van der Waals surface area (Å²) in [6.45, 7) is 6.23. The number of esters is 1. The predicted octanol–water partition coefficient (Wildman–Crippen LogP) is 5.23. The second-order valence-corrected chi connectivity index (χ2v) is 7.00. The maximum absolute atomic E-state index is 14.6. The van der Waals surface area contributed by atoms with E-state index in [4.69, 9.17) is 14.2 Å². The Hall–Kier alpha value is -4.70. The maximum Gasteiger partial charge on any atom is 0.333 e. The van der Waals surface area contributed by atoms with Crippen LogP contribution in [0.25, 0.3) is 11.1 Å². The van der Waals surface area contributed by atoms with Gasteiger partial charge in [-0.3, -0.25) is 4.79 Å². The first kappa shape index (κ1) is 24.9. The Balaban J connectivity index is 1.69. The van der Waals surface area contributed by atoms with Crippen LogP contribution in [0.1, 0.15) is 11.1 Å². The lowest BCUT2D eigenvalue weighted by molar-refractivity contribution is -0.144. The molecular formula is C28H20F2O5. The second-order valence-electron chi connectivity index (χ2n) is 7.00. The molecule has 0 amide bonds. The van der Waals surface area contributed by atoms with Crippen LogP contribution in [-0.4, -0.2) is 25.2 Å². The van der Waals surface area contributed by atoms with E-state index in [1.807, 2.05) is 0 Å². The Morgan fingerprint density at radius 2 is 1.40 bits per heavy atom. The number of hydrogen-bond acceptors (Lipinski definition) is 5. The lowest BCUT2D eigenvalue weighted by atomic mass is 10.0. The lowest BCUT2D eigenvalue weighted by Gasteiger charge is -2.08. The lowest BCUT2D eigenvalue weighted by Crippen LogP contribution is -2.07. The van der Waals surface area contributed by atoms with Crippen LogP contribution in [0.3, 0.4) is 0 Å². The Labute approximate surface area is 201 Å². The van der Waals surface area contributed by atoms with Crippen molar-refractivity contribution in [3.8, 4) is 34.5 Å². The smallest absolute Gasteiger partial charge is 0.333 e. The molecule has 0 aromatic heterocycles. The molecule has 0 saturated heterocycles. The van der Waals surface area contributed by atoms with E-state index in [0.717, 1.165) is 6.08 Å². The predicted molar refractivity (Wildman–Crippen MR) is 127 cm³/mol. The van der Waals surface area contributed by atoms with Gasteiger partial charge in [-0.1, -0.05) is 37.1 Å². The molecule has 7 heteroatoms. The summed E-state index contributed by atoms with van der Waals surface area (Å²) >= 11 is 0. The molecule has 0 atom stereocenters. The molecule has 0 aliphatic rings. The number of ketones is 1. The average molecular weight is 474 g/mol. The quantitative estimate of drug-likeness (QED) is 0.184. The number of halogens is 2. The van der Waals surface area contributed by atoms with Gasteiger partial charge in [0.1, 0.15) is 23.1 Å². The first-order valence-electron chi connectivity index (χ1n) is 10.3. The van der Waals surface area contributed by atoms with Gasteiger partial charge in [-0.2, -0.15) is 0 Å². The summed E-state index contributed by atoms with van der Waals surface area (Å²) in [5, 5.41) is 0. The van der Waals surface area contributed by atoms with E-state index in [0.29, 0.717) is 28.2 Å². The Morgan fingerprint density at radius 1 is 0.800 bits per heavy atom. The van der Waals surface area contributed by atoms with Crippen molar-refractivity contribution in [1.82, 2.24) is 0 Å². The van der Waals surface area contributed by atoms with Crippen molar-refractivity contribution in [2.75, 3.05) is 13.4 Å². The summed E-state index contributed by atoms with van der Waals surface area (Å²) in [4.78, 5) is 22.2. The van der Waals surface area contributed by atoms with Crippen molar-refractivity contribution >= 4 is 11.8 Å². The summed E-state index contributed by atoms with van der Waals surface area (Å²) in [6.07, 6.45) is 2.19. The maximum atomic E-state index is 14.6. The van der Waals surface area contributed by atoms with Gasteiger partial charge in [0.25, 0.3) is 0 Å². The van der Waals surface area contributed by atoms with Gasteiger partial charge in [-0.25, -0.2) is 13.6 Å². The van der Waals surface area contributed by atoms with Gasteiger partial charge in [0, 0.05) is 11.6 Å². The standard InChI is InChI=1S/C28H20F2O5/c1-3-22(31)17-33-23-10-5-19(6-11-23)7-14-25-26(29)15-21(16-27(25)30)20-8-12-24(13-9-20)34-18-35-28(32)4-2/h3-6,8-13,15-16H,1-2,17-18H2. The minimum absolute atomic E-state index is 0.127. The highest BCUT2D eigenvalue weighted by atomic mass is 19.1. The van der Waals surface area contributed by atoms with Gasteiger partial charge in [-0.15, -0.1) is 0 Å². The van der Waals surface area contributed by atoms with E-state index in [9.17, 15) is 18.4 Å². The molecule has 176 valence electrons. The summed E-state index contributed by atoms with van der Waals surface area (Å²) in [5.41, 5.74) is 1.05. The molecule has 0 N–H and O–H groups in total. The van der Waals surface area contributed by atoms with E-state index >= 15 is 0 Å². The van der Waals surface area contributed by atoms with Crippen LogP contribution in [0.2, 0.25) is 0 Å². The summed E-state index contributed by atoms with van der Waals surface area (Å²) < 4.78 is 44.6. The monoisotopic (exact) mass is 474 g/mol. The molecule has 0 bridgehead atoms. The first-order chi connectivity index (χ1) is 16.9. The van der Waals surface area contributed by atoms with E-state index in [1.54, 1.807) is 48.5 Å². The number of rotatable bonds is 9. The van der Waals surface area contributed by atoms with Crippen LogP contribution >= 0.6 is 0 Å². The Bertz CT molecular complexity index is 1280. The van der Waals surface area contributed by atoms with Crippen LogP contribution in [0.15, 0.2) is 86.0 Å². The highest BCUT2D eigenvalue weighted by molar-refractivity contribution is 5.90. The van der Waals surface area contributed by atoms with Gasteiger partial charge in [0.05, 0.1) is 5.56 Å². The van der Waals surface area contributed by atoms with Gasteiger partial charge in [0.2, 0.25) is 6.79 Å². The average Bonchev–Trinajstić information content (AvgIpc) is 2.87. The normalized spacial score (nSPS) is 9.89. The van der Waals surface area contributed by atoms with Gasteiger partial charge < -0.3 is 14.2 Å². The third-order valence-corrected chi connectivity index (χ3v) is 4.62. The highest BCUT2D eigenvalue weighted by Crippen LogP contribution is 2.26. The second kappa shape index (κ2) is 12.0. The molecule has 5 nitrogen and oxygen atoms in total. The fraction of sp³-hybridized carbons (Fsp3) is 0.0714. The summed E-state index contributed by atoms with van der Waals surface area (Å²) in [6, 6.07) is 15.3. The molecule has 3 aromatic carbocycles. The summed E-state index contributed by atoms with van der Waals surface area (Å²) in [7, 11) is 0. The molecule has 0 fully saturated rings. The Kier molecular flexibility index (Phi) is 8.52. The molecule has 0 aliphatic heterocycles. The number of ether oxygens (including phenoxy) is 3. The molecule has 0 saturated carbocycles. The Morgan fingerprint density at radius 3 is 2.00 bits per heavy atom. The highest BCUT2D eigenvalue weighted by Gasteiger charge is 2.11. The number of carbonyl (C=O) groups is 2. The van der Waals surface area contributed by atoms with Crippen molar-refractivity contribution in [2.45, 2.75) is 0 Å². The van der Waals surface area contributed by atoms with Gasteiger partial charge in [0.15, 0.2) is 12.4 Å². The van der Waals surface area contributed by atoms with Gasteiger partial charge >= 0.3 is 5.97 Å². The molecule has 0 spiro atoms.